The van der Waals surface area contributed by atoms with E-state index in [4.69, 9.17) is 4.74 Å². The molecule has 116 valence electrons. The van der Waals surface area contributed by atoms with Crippen LogP contribution >= 0.6 is 0 Å². The van der Waals surface area contributed by atoms with Gasteiger partial charge in [0, 0.05) is 12.6 Å². The van der Waals surface area contributed by atoms with Gasteiger partial charge in [-0.15, -0.1) is 0 Å². The van der Waals surface area contributed by atoms with Gasteiger partial charge >= 0.3 is 0 Å². The smallest absolute Gasteiger partial charge is 0.119 e. The summed E-state index contributed by atoms with van der Waals surface area (Å²) in [5, 5.41) is 3.73. The van der Waals surface area contributed by atoms with Gasteiger partial charge in [-0.05, 0) is 48.4 Å². The lowest BCUT2D eigenvalue weighted by atomic mass is 9.81. The van der Waals surface area contributed by atoms with Crippen LogP contribution in [0.2, 0.25) is 0 Å². The highest BCUT2D eigenvalue weighted by atomic mass is 16.5. The molecule has 0 heterocycles. The lowest BCUT2D eigenvalue weighted by Crippen LogP contribution is -2.33. The zero-order valence-corrected chi connectivity index (χ0v) is 13.3. The summed E-state index contributed by atoms with van der Waals surface area (Å²) in [5.41, 5.74) is 2.79. The number of methoxy groups -OCH3 is 1. The molecule has 1 aliphatic rings. The molecule has 0 unspecified atom stereocenters. The van der Waals surface area contributed by atoms with Gasteiger partial charge in [-0.2, -0.15) is 0 Å². The highest BCUT2D eigenvalue weighted by Gasteiger charge is 2.23. The number of benzene rings is 2. The Labute approximate surface area is 133 Å². The molecule has 0 radical (unpaired) electrons. The van der Waals surface area contributed by atoms with E-state index in [-0.39, 0.29) is 0 Å². The van der Waals surface area contributed by atoms with E-state index in [1.165, 1.54) is 36.8 Å². The second-order valence-corrected chi connectivity index (χ2v) is 6.20. The SMILES string of the molecule is COc1cccc([C@H]2CCC[C@H](NCc3ccccc3)C2)c1. The molecule has 1 aliphatic carbocycles. The summed E-state index contributed by atoms with van der Waals surface area (Å²) >= 11 is 0. The van der Waals surface area contributed by atoms with Gasteiger partial charge in [0.25, 0.3) is 0 Å². The minimum absolute atomic E-state index is 0.616. The van der Waals surface area contributed by atoms with Crippen molar-refractivity contribution < 1.29 is 4.74 Å². The Balaban J connectivity index is 1.59. The van der Waals surface area contributed by atoms with Gasteiger partial charge in [0.2, 0.25) is 0 Å². The van der Waals surface area contributed by atoms with Crippen molar-refractivity contribution >= 4 is 0 Å². The van der Waals surface area contributed by atoms with Crippen molar-refractivity contribution in [2.75, 3.05) is 7.11 Å². The summed E-state index contributed by atoms with van der Waals surface area (Å²) in [5.74, 6) is 1.62. The van der Waals surface area contributed by atoms with Crippen molar-refractivity contribution in [3.63, 3.8) is 0 Å². The van der Waals surface area contributed by atoms with E-state index in [0.717, 1.165) is 12.3 Å². The highest BCUT2D eigenvalue weighted by Crippen LogP contribution is 2.34. The number of ether oxygens (including phenoxy) is 1. The molecule has 2 aromatic rings. The lowest BCUT2D eigenvalue weighted by Gasteiger charge is -2.30. The minimum atomic E-state index is 0.616. The maximum atomic E-state index is 5.36. The number of hydrogen-bond donors (Lipinski definition) is 1. The van der Waals surface area contributed by atoms with Gasteiger partial charge in [-0.25, -0.2) is 0 Å². The third kappa shape index (κ3) is 3.89. The summed E-state index contributed by atoms with van der Waals surface area (Å²) < 4.78 is 5.36. The molecule has 0 saturated heterocycles. The molecule has 2 nitrogen and oxygen atoms in total. The molecule has 1 N–H and O–H groups in total. The molecular weight excluding hydrogens is 270 g/mol. The Hall–Kier alpha value is -1.80. The summed E-state index contributed by atoms with van der Waals surface area (Å²) in [6, 6.07) is 19.9. The van der Waals surface area contributed by atoms with Crippen LogP contribution in [0.5, 0.6) is 5.75 Å². The molecule has 0 bridgehead atoms. The number of nitrogens with one attached hydrogen (secondary N) is 1. The quantitative estimate of drug-likeness (QED) is 0.876. The van der Waals surface area contributed by atoms with Crippen LogP contribution in [0.4, 0.5) is 0 Å². The van der Waals surface area contributed by atoms with Crippen molar-refractivity contribution in [1.82, 2.24) is 5.32 Å². The monoisotopic (exact) mass is 295 g/mol. The van der Waals surface area contributed by atoms with Crippen LogP contribution < -0.4 is 10.1 Å². The van der Waals surface area contributed by atoms with Crippen molar-refractivity contribution in [2.24, 2.45) is 0 Å². The van der Waals surface area contributed by atoms with Gasteiger partial charge in [0.1, 0.15) is 5.75 Å². The van der Waals surface area contributed by atoms with Gasteiger partial charge in [0.05, 0.1) is 7.11 Å². The molecule has 2 atom stereocenters. The van der Waals surface area contributed by atoms with E-state index in [2.05, 4.69) is 53.8 Å². The topological polar surface area (TPSA) is 21.3 Å². The van der Waals surface area contributed by atoms with E-state index in [1.54, 1.807) is 7.11 Å². The zero-order chi connectivity index (χ0) is 15.2. The maximum Gasteiger partial charge on any atom is 0.119 e. The Bertz CT molecular complexity index is 581. The zero-order valence-electron chi connectivity index (χ0n) is 13.3. The maximum absolute atomic E-state index is 5.36. The second-order valence-electron chi connectivity index (χ2n) is 6.20. The molecule has 22 heavy (non-hydrogen) atoms. The molecule has 2 aromatic carbocycles. The van der Waals surface area contributed by atoms with Gasteiger partial charge in [0.15, 0.2) is 0 Å². The molecule has 1 saturated carbocycles. The van der Waals surface area contributed by atoms with Crippen LogP contribution in [-0.2, 0) is 6.54 Å². The van der Waals surface area contributed by atoms with Gasteiger partial charge in [-0.3, -0.25) is 0 Å². The fraction of sp³-hybridized carbons (Fsp3) is 0.400. The first kappa shape index (κ1) is 15.1. The van der Waals surface area contributed by atoms with Crippen molar-refractivity contribution in [1.29, 1.82) is 0 Å². The average molecular weight is 295 g/mol. The summed E-state index contributed by atoms with van der Waals surface area (Å²) in [6.45, 7) is 0.969. The normalized spacial score (nSPS) is 21.5. The first-order valence-electron chi connectivity index (χ1n) is 8.26. The van der Waals surface area contributed by atoms with E-state index in [1.807, 2.05) is 6.07 Å². The van der Waals surface area contributed by atoms with Gasteiger partial charge < -0.3 is 10.1 Å². The standard InChI is InChI=1S/C20H25NO/c1-22-20-12-6-10-18(14-20)17-9-5-11-19(13-17)21-15-16-7-3-2-4-8-16/h2-4,6-8,10,12,14,17,19,21H,5,9,11,13,15H2,1H3/t17-,19-/m0/s1. The fourth-order valence-electron chi connectivity index (χ4n) is 3.43. The molecular formula is C20H25NO. The van der Waals surface area contributed by atoms with Crippen LogP contribution in [0.15, 0.2) is 54.6 Å². The predicted molar refractivity (Wildman–Crippen MR) is 91.3 cm³/mol. The summed E-state index contributed by atoms with van der Waals surface area (Å²) in [7, 11) is 1.74. The van der Waals surface area contributed by atoms with E-state index in [9.17, 15) is 0 Å². The lowest BCUT2D eigenvalue weighted by molar-refractivity contribution is 0.337. The number of hydrogen-bond acceptors (Lipinski definition) is 2. The molecule has 3 rings (SSSR count). The molecule has 1 fully saturated rings. The highest BCUT2D eigenvalue weighted by molar-refractivity contribution is 5.31. The Kier molecular flexibility index (Phi) is 5.12. The first-order chi connectivity index (χ1) is 10.8. The second kappa shape index (κ2) is 7.46. The Morgan fingerprint density at radius 2 is 1.91 bits per heavy atom. The third-order valence-corrected chi connectivity index (χ3v) is 4.68. The van der Waals surface area contributed by atoms with E-state index < -0.39 is 0 Å². The van der Waals surface area contributed by atoms with Crippen LogP contribution in [0.25, 0.3) is 0 Å². The molecule has 2 heteroatoms. The van der Waals surface area contributed by atoms with Crippen molar-refractivity contribution in [3.05, 3.63) is 65.7 Å². The summed E-state index contributed by atoms with van der Waals surface area (Å²) in [6.07, 6.45) is 5.10. The van der Waals surface area contributed by atoms with Crippen LogP contribution in [-0.4, -0.2) is 13.2 Å². The van der Waals surface area contributed by atoms with Crippen LogP contribution in [0.3, 0.4) is 0 Å². The Morgan fingerprint density at radius 1 is 1.05 bits per heavy atom. The van der Waals surface area contributed by atoms with E-state index in [0.29, 0.717) is 12.0 Å². The van der Waals surface area contributed by atoms with Crippen molar-refractivity contribution in [3.8, 4) is 5.75 Å². The number of rotatable bonds is 5. The third-order valence-electron chi connectivity index (χ3n) is 4.68. The minimum Gasteiger partial charge on any atom is -0.497 e. The first-order valence-corrected chi connectivity index (χ1v) is 8.26. The fourth-order valence-corrected chi connectivity index (χ4v) is 3.43. The average Bonchev–Trinajstić information content (AvgIpc) is 2.61. The van der Waals surface area contributed by atoms with Gasteiger partial charge in [-0.1, -0.05) is 48.9 Å². The van der Waals surface area contributed by atoms with E-state index >= 15 is 0 Å². The molecule has 0 aliphatic heterocycles. The van der Waals surface area contributed by atoms with Crippen LogP contribution in [0.1, 0.15) is 42.7 Å². The molecule has 0 amide bonds. The predicted octanol–water partition coefficient (Wildman–Crippen LogP) is 4.51. The molecule has 0 spiro atoms. The molecule has 0 aromatic heterocycles. The van der Waals surface area contributed by atoms with Crippen molar-refractivity contribution in [2.45, 2.75) is 44.2 Å². The Morgan fingerprint density at radius 3 is 2.73 bits per heavy atom. The summed E-state index contributed by atoms with van der Waals surface area (Å²) in [4.78, 5) is 0. The largest absolute Gasteiger partial charge is 0.497 e. The van der Waals surface area contributed by atoms with Crippen LogP contribution in [0, 0.1) is 0 Å².